The maximum atomic E-state index is 12.3. The van der Waals surface area contributed by atoms with Gasteiger partial charge in [0.15, 0.2) is 6.10 Å². The predicted octanol–water partition coefficient (Wildman–Crippen LogP) is 3.36. The van der Waals surface area contributed by atoms with Gasteiger partial charge >= 0.3 is 0 Å². The van der Waals surface area contributed by atoms with Crippen molar-refractivity contribution in [3.63, 3.8) is 0 Å². The van der Waals surface area contributed by atoms with Gasteiger partial charge in [-0.1, -0.05) is 23.2 Å². The molecule has 1 atom stereocenters. The second-order valence-corrected chi connectivity index (χ2v) is 5.76. The summed E-state index contributed by atoms with van der Waals surface area (Å²) in [6.45, 7) is 3.31. The summed E-state index contributed by atoms with van der Waals surface area (Å²) in [6.07, 6.45) is 2.69. The van der Waals surface area contributed by atoms with E-state index in [9.17, 15) is 4.79 Å². The lowest BCUT2D eigenvalue weighted by Crippen LogP contribution is -2.43. The first-order valence-corrected chi connectivity index (χ1v) is 7.44. The number of piperidine rings is 1. The molecule has 0 aliphatic carbocycles. The smallest absolute Gasteiger partial charge is 0.263 e. The zero-order valence-electron chi connectivity index (χ0n) is 11.4. The standard InChI is InChI=1S/C14H18Cl2N2O2/c1-9(14(19)18-5-3-2-4-6-18)20-13-8-11(16)10(15)7-12(13)17/h7-9H,2-6,17H2,1H3. The molecule has 0 aromatic heterocycles. The zero-order valence-corrected chi connectivity index (χ0v) is 12.9. The highest BCUT2D eigenvalue weighted by molar-refractivity contribution is 6.42. The first kappa shape index (κ1) is 15.3. The lowest BCUT2D eigenvalue weighted by atomic mass is 10.1. The number of halogens is 2. The van der Waals surface area contributed by atoms with Crippen molar-refractivity contribution in [3.05, 3.63) is 22.2 Å². The van der Waals surface area contributed by atoms with E-state index < -0.39 is 6.10 Å². The minimum absolute atomic E-state index is 0.0184. The van der Waals surface area contributed by atoms with Crippen LogP contribution in [-0.2, 0) is 4.79 Å². The number of hydrogen-bond donors (Lipinski definition) is 1. The number of benzene rings is 1. The molecule has 1 fully saturated rings. The average Bonchev–Trinajstić information content (AvgIpc) is 2.44. The van der Waals surface area contributed by atoms with Crippen molar-refractivity contribution >= 4 is 34.8 Å². The monoisotopic (exact) mass is 316 g/mol. The third-order valence-corrected chi connectivity index (χ3v) is 4.09. The van der Waals surface area contributed by atoms with Gasteiger partial charge in [0, 0.05) is 19.2 Å². The molecule has 1 unspecified atom stereocenters. The Kier molecular flexibility index (Phi) is 5.00. The van der Waals surface area contributed by atoms with E-state index in [0.717, 1.165) is 25.9 Å². The number of likely N-dealkylation sites (tertiary alicyclic amines) is 1. The molecule has 1 aliphatic rings. The number of nitrogens with two attached hydrogens (primary N) is 1. The predicted molar refractivity (Wildman–Crippen MR) is 81.4 cm³/mol. The Labute approximate surface area is 128 Å². The number of carbonyl (C=O) groups is 1. The molecule has 1 saturated heterocycles. The molecule has 0 spiro atoms. The molecule has 1 aliphatic heterocycles. The van der Waals surface area contributed by atoms with Gasteiger partial charge in [-0.25, -0.2) is 0 Å². The molecular weight excluding hydrogens is 299 g/mol. The average molecular weight is 317 g/mol. The topological polar surface area (TPSA) is 55.6 Å². The van der Waals surface area contributed by atoms with E-state index in [1.54, 1.807) is 13.0 Å². The number of rotatable bonds is 3. The van der Waals surface area contributed by atoms with Crippen LogP contribution >= 0.6 is 23.2 Å². The summed E-state index contributed by atoms with van der Waals surface area (Å²) in [6, 6.07) is 3.07. The highest BCUT2D eigenvalue weighted by Crippen LogP contribution is 2.33. The molecule has 0 bridgehead atoms. The summed E-state index contributed by atoms with van der Waals surface area (Å²) < 4.78 is 5.64. The second kappa shape index (κ2) is 6.55. The Morgan fingerprint density at radius 1 is 1.25 bits per heavy atom. The quantitative estimate of drug-likeness (QED) is 0.870. The van der Waals surface area contributed by atoms with Gasteiger partial charge in [0.1, 0.15) is 5.75 Å². The van der Waals surface area contributed by atoms with Crippen LogP contribution in [-0.4, -0.2) is 30.0 Å². The molecule has 0 saturated carbocycles. The molecule has 110 valence electrons. The molecular formula is C14H18Cl2N2O2. The van der Waals surface area contributed by atoms with Crippen LogP contribution in [0.1, 0.15) is 26.2 Å². The zero-order chi connectivity index (χ0) is 14.7. The Balaban J connectivity index is 2.05. The third-order valence-electron chi connectivity index (χ3n) is 3.37. The van der Waals surface area contributed by atoms with Crippen molar-refractivity contribution in [2.75, 3.05) is 18.8 Å². The molecule has 1 amide bonds. The molecule has 20 heavy (non-hydrogen) atoms. The lowest BCUT2D eigenvalue weighted by Gasteiger charge is -2.29. The molecule has 1 heterocycles. The summed E-state index contributed by atoms with van der Waals surface area (Å²) >= 11 is 11.8. The summed E-state index contributed by atoms with van der Waals surface area (Å²) in [5.74, 6) is 0.368. The summed E-state index contributed by atoms with van der Waals surface area (Å²) in [4.78, 5) is 14.1. The fourth-order valence-corrected chi connectivity index (χ4v) is 2.58. The highest BCUT2D eigenvalue weighted by Gasteiger charge is 2.24. The van der Waals surface area contributed by atoms with Gasteiger partial charge < -0.3 is 15.4 Å². The van der Waals surface area contributed by atoms with Gasteiger partial charge in [-0.15, -0.1) is 0 Å². The van der Waals surface area contributed by atoms with Crippen LogP contribution in [0, 0.1) is 0 Å². The van der Waals surface area contributed by atoms with Crippen molar-refractivity contribution in [1.29, 1.82) is 0 Å². The van der Waals surface area contributed by atoms with Gasteiger partial charge in [-0.2, -0.15) is 0 Å². The number of amides is 1. The number of carbonyl (C=O) groups excluding carboxylic acids is 1. The highest BCUT2D eigenvalue weighted by atomic mass is 35.5. The summed E-state index contributed by atoms with van der Waals surface area (Å²) in [5.41, 5.74) is 6.20. The number of ether oxygens (including phenoxy) is 1. The Morgan fingerprint density at radius 2 is 1.85 bits per heavy atom. The van der Waals surface area contributed by atoms with Crippen molar-refractivity contribution in [2.24, 2.45) is 0 Å². The Morgan fingerprint density at radius 3 is 2.50 bits per heavy atom. The molecule has 4 nitrogen and oxygen atoms in total. The SMILES string of the molecule is CC(Oc1cc(Cl)c(Cl)cc1N)C(=O)N1CCCCC1. The van der Waals surface area contributed by atoms with Crippen molar-refractivity contribution in [1.82, 2.24) is 4.90 Å². The van der Waals surface area contributed by atoms with Gasteiger partial charge in [-0.3, -0.25) is 4.79 Å². The van der Waals surface area contributed by atoms with Gasteiger partial charge in [0.2, 0.25) is 0 Å². The molecule has 1 aromatic rings. The molecule has 2 rings (SSSR count). The number of hydrogen-bond acceptors (Lipinski definition) is 3. The number of nitrogen functional groups attached to an aromatic ring is 1. The maximum Gasteiger partial charge on any atom is 0.263 e. The first-order valence-electron chi connectivity index (χ1n) is 6.69. The van der Waals surface area contributed by atoms with E-state index in [4.69, 9.17) is 33.7 Å². The third kappa shape index (κ3) is 3.49. The van der Waals surface area contributed by atoms with Gasteiger partial charge in [0.05, 0.1) is 15.7 Å². The van der Waals surface area contributed by atoms with Crippen LogP contribution in [0.5, 0.6) is 5.75 Å². The van der Waals surface area contributed by atoms with Gasteiger partial charge in [0.25, 0.3) is 5.91 Å². The van der Waals surface area contributed by atoms with Crippen molar-refractivity contribution in [2.45, 2.75) is 32.3 Å². The van der Waals surface area contributed by atoms with Crippen LogP contribution < -0.4 is 10.5 Å². The van der Waals surface area contributed by atoms with E-state index >= 15 is 0 Å². The van der Waals surface area contributed by atoms with Crippen molar-refractivity contribution < 1.29 is 9.53 Å². The van der Waals surface area contributed by atoms with E-state index in [0.29, 0.717) is 21.5 Å². The van der Waals surface area contributed by atoms with Crippen LogP contribution in [0.15, 0.2) is 12.1 Å². The van der Waals surface area contributed by atoms with E-state index in [-0.39, 0.29) is 5.91 Å². The summed E-state index contributed by atoms with van der Waals surface area (Å²) in [5, 5.41) is 0.722. The molecule has 0 radical (unpaired) electrons. The molecule has 2 N–H and O–H groups in total. The first-order chi connectivity index (χ1) is 9.49. The minimum atomic E-state index is -0.590. The van der Waals surface area contributed by atoms with Crippen LogP contribution in [0.2, 0.25) is 10.0 Å². The van der Waals surface area contributed by atoms with Crippen LogP contribution in [0.25, 0.3) is 0 Å². The number of nitrogens with zero attached hydrogens (tertiary/aromatic N) is 1. The Hall–Kier alpha value is -1.13. The fourth-order valence-electron chi connectivity index (χ4n) is 2.26. The maximum absolute atomic E-state index is 12.3. The van der Waals surface area contributed by atoms with E-state index in [1.807, 2.05) is 4.90 Å². The fraction of sp³-hybridized carbons (Fsp3) is 0.500. The molecule has 1 aromatic carbocycles. The number of anilines is 1. The second-order valence-electron chi connectivity index (χ2n) is 4.95. The van der Waals surface area contributed by atoms with E-state index in [1.165, 1.54) is 12.5 Å². The Bertz CT molecular complexity index is 502. The summed E-state index contributed by atoms with van der Waals surface area (Å²) in [7, 11) is 0. The van der Waals surface area contributed by atoms with E-state index in [2.05, 4.69) is 0 Å². The largest absolute Gasteiger partial charge is 0.479 e. The van der Waals surface area contributed by atoms with Crippen LogP contribution in [0.3, 0.4) is 0 Å². The van der Waals surface area contributed by atoms with Gasteiger partial charge in [-0.05, 0) is 32.3 Å². The lowest BCUT2D eigenvalue weighted by molar-refractivity contribution is -0.138. The van der Waals surface area contributed by atoms with Crippen molar-refractivity contribution in [3.8, 4) is 5.75 Å². The van der Waals surface area contributed by atoms with Crippen LogP contribution in [0.4, 0.5) is 5.69 Å². The normalized spacial score (nSPS) is 16.9. The molecule has 6 heteroatoms. The minimum Gasteiger partial charge on any atom is -0.479 e.